The van der Waals surface area contributed by atoms with Crippen molar-refractivity contribution < 1.29 is 18.3 Å². The second-order valence-electron chi connectivity index (χ2n) is 9.25. The van der Waals surface area contributed by atoms with Gasteiger partial charge in [-0.1, -0.05) is 42.5 Å². The minimum Gasteiger partial charge on any atom is -0.495 e. The highest BCUT2D eigenvalue weighted by Gasteiger charge is 2.20. The van der Waals surface area contributed by atoms with E-state index < -0.39 is 15.6 Å². The Kier molecular flexibility index (Phi) is 7.15. The number of fused-ring (bicyclic) bond motifs is 1. The van der Waals surface area contributed by atoms with Crippen LogP contribution in [0.1, 0.15) is 16.7 Å². The maximum Gasteiger partial charge on any atom is 0.265 e. The molecule has 202 valence electrons. The molecule has 0 atom stereocenters. The van der Waals surface area contributed by atoms with Gasteiger partial charge in [-0.05, 0) is 73.5 Å². The van der Waals surface area contributed by atoms with Gasteiger partial charge in [0.25, 0.3) is 15.6 Å². The molecule has 0 unspecified atom stereocenters. The number of rotatable bonds is 7. The van der Waals surface area contributed by atoms with E-state index in [4.69, 9.17) is 4.74 Å². The molecular formula is C31H27N3O5S. The minimum absolute atomic E-state index is 0.0966. The second-order valence-corrected chi connectivity index (χ2v) is 10.9. The first-order valence-electron chi connectivity index (χ1n) is 12.4. The lowest BCUT2D eigenvalue weighted by molar-refractivity contribution is 0.417. The van der Waals surface area contributed by atoms with Crippen molar-refractivity contribution in [3.63, 3.8) is 0 Å². The van der Waals surface area contributed by atoms with Crippen molar-refractivity contribution in [2.24, 2.45) is 4.99 Å². The van der Waals surface area contributed by atoms with E-state index in [1.165, 1.54) is 31.5 Å². The number of ether oxygens (including phenoxy) is 1. The normalized spacial score (nSPS) is 11.7. The standard InChI is InChI=1S/C31H27N3O5S/c1-20-15-16-22(17-21(20)2)32-19-27-25-11-4-5-12-26(25)30(35)34(31(27)36)23-9-8-10-24(18-23)40(37,38)33-28-13-6-7-14-29(28)39-3/h4-19,33,36H,1-3H3. The van der Waals surface area contributed by atoms with E-state index in [9.17, 15) is 18.3 Å². The molecule has 2 N–H and O–H groups in total. The summed E-state index contributed by atoms with van der Waals surface area (Å²) in [7, 11) is -2.61. The summed E-state index contributed by atoms with van der Waals surface area (Å²) in [6.45, 7) is 4.00. The number of sulfonamides is 1. The maximum absolute atomic E-state index is 13.6. The first kappa shape index (κ1) is 26.7. The van der Waals surface area contributed by atoms with Crippen LogP contribution in [-0.2, 0) is 10.0 Å². The first-order chi connectivity index (χ1) is 19.2. The number of aromatic nitrogens is 1. The zero-order valence-electron chi connectivity index (χ0n) is 22.1. The van der Waals surface area contributed by atoms with Crippen LogP contribution in [0, 0.1) is 13.8 Å². The molecule has 0 fully saturated rings. The molecule has 8 nitrogen and oxygen atoms in total. The Balaban J connectivity index is 1.63. The number of aromatic hydroxyl groups is 1. The number of anilines is 1. The number of aliphatic imine (C=N–C) groups is 1. The fourth-order valence-corrected chi connectivity index (χ4v) is 5.51. The molecule has 0 aliphatic heterocycles. The van der Waals surface area contributed by atoms with Gasteiger partial charge in [-0.2, -0.15) is 0 Å². The summed E-state index contributed by atoms with van der Waals surface area (Å²) in [5, 5.41) is 12.3. The van der Waals surface area contributed by atoms with E-state index in [2.05, 4.69) is 9.71 Å². The molecule has 0 saturated heterocycles. The first-order valence-corrected chi connectivity index (χ1v) is 13.9. The van der Waals surface area contributed by atoms with Crippen LogP contribution in [0.3, 0.4) is 0 Å². The molecule has 0 saturated carbocycles. The number of benzene rings is 4. The Hall–Kier alpha value is -4.89. The smallest absolute Gasteiger partial charge is 0.265 e. The third-order valence-electron chi connectivity index (χ3n) is 6.67. The van der Waals surface area contributed by atoms with E-state index in [-0.39, 0.29) is 22.2 Å². The van der Waals surface area contributed by atoms with Gasteiger partial charge in [-0.25, -0.2) is 13.0 Å². The molecule has 0 bridgehead atoms. The van der Waals surface area contributed by atoms with Crippen molar-refractivity contribution in [1.82, 2.24) is 4.57 Å². The third-order valence-corrected chi connectivity index (χ3v) is 8.04. The highest BCUT2D eigenvalue weighted by atomic mass is 32.2. The highest BCUT2D eigenvalue weighted by Crippen LogP contribution is 2.30. The van der Waals surface area contributed by atoms with Gasteiger partial charge in [0, 0.05) is 17.0 Å². The summed E-state index contributed by atoms with van der Waals surface area (Å²) in [5.41, 5.74) is 3.18. The Morgan fingerprint density at radius 3 is 2.35 bits per heavy atom. The van der Waals surface area contributed by atoms with Gasteiger partial charge in [0.2, 0.25) is 5.88 Å². The van der Waals surface area contributed by atoms with Crippen LogP contribution in [0.2, 0.25) is 0 Å². The Bertz CT molecular complexity index is 1950. The lowest BCUT2D eigenvalue weighted by Gasteiger charge is -2.15. The van der Waals surface area contributed by atoms with E-state index in [1.807, 2.05) is 32.0 Å². The van der Waals surface area contributed by atoms with Crippen molar-refractivity contribution in [2.75, 3.05) is 11.8 Å². The van der Waals surface area contributed by atoms with Gasteiger partial charge < -0.3 is 9.84 Å². The van der Waals surface area contributed by atoms with Crippen molar-refractivity contribution >= 4 is 38.4 Å². The van der Waals surface area contributed by atoms with E-state index >= 15 is 0 Å². The van der Waals surface area contributed by atoms with Crippen molar-refractivity contribution in [2.45, 2.75) is 18.7 Å². The second kappa shape index (κ2) is 10.7. The van der Waals surface area contributed by atoms with Crippen LogP contribution >= 0.6 is 0 Å². The predicted molar refractivity (Wildman–Crippen MR) is 158 cm³/mol. The quantitative estimate of drug-likeness (QED) is 0.245. The number of hydrogen-bond acceptors (Lipinski definition) is 6. The Morgan fingerprint density at radius 2 is 1.60 bits per heavy atom. The number of pyridine rings is 1. The fraction of sp³-hybridized carbons (Fsp3) is 0.0968. The Labute approximate surface area is 231 Å². The number of methoxy groups -OCH3 is 1. The number of nitrogens with zero attached hydrogens (tertiary/aromatic N) is 2. The number of aryl methyl sites for hydroxylation is 2. The van der Waals surface area contributed by atoms with Gasteiger partial charge in [-0.3, -0.25) is 14.5 Å². The molecule has 1 heterocycles. The average molecular weight is 554 g/mol. The largest absolute Gasteiger partial charge is 0.495 e. The zero-order valence-corrected chi connectivity index (χ0v) is 22.9. The molecule has 0 aliphatic rings. The molecule has 0 aliphatic carbocycles. The summed E-state index contributed by atoms with van der Waals surface area (Å²) in [4.78, 5) is 18.0. The highest BCUT2D eigenvalue weighted by molar-refractivity contribution is 7.92. The maximum atomic E-state index is 13.6. The van der Waals surface area contributed by atoms with Gasteiger partial charge in [0.1, 0.15) is 5.75 Å². The third kappa shape index (κ3) is 5.06. The molecule has 9 heteroatoms. The fourth-order valence-electron chi connectivity index (χ4n) is 4.40. The van der Waals surface area contributed by atoms with Crippen LogP contribution in [0.15, 0.2) is 106 Å². The number of para-hydroxylation sites is 2. The summed E-state index contributed by atoms with van der Waals surface area (Å²) >= 11 is 0. The lowest BCUT2D eigenvalue weighted by atomic mass is 10.1. The molecule has 1 aromatic heterocycles. The molecule has 4 aromatic carbocycles. The van der Waals surface area contributed by atoms with Crippen molar-refractivity contribution in [1.29, 1.82) is 0 Å². The summed E-state index contributed by atoms with van der Waals surface area (Å²) in [6.07, 6.45) is 1.52. The van der Waals surface area contributed by atoms with Crippen LogP contribution < -0.4 is 15.0 Å². The zero-order chi connectivity index (χ0) is 28.4. The van der Waals surface area contributed by atoms with Crippen LogP contribution in [0.5, 0.6) is 11.6 Å². The summed E-state index contributed by atoms with van der Waals surface area (Å²) in [6, 6.07) is 25.1. The van der Waals surface area contributed by atoms with Crippen LogP contribution in [-0.4, -0.2) is 31.4 Å². The predicted octanol–water partition coefficient (Wildman–Crippen LogP) is 5.87. The Morgan fingerprint density at radius 1 is 0.875 bits per heavy atom. The summed E-state index contributed by atoms with van der Waals surface area (Å²) in [5.74, 6) is 0.00171. The molecular weight excluding hydrogens is 526 g/mol. The molecule has 0 spiro atoms. The van der Waals surface area contributed by atoms with Gasteiger partial charge in [0.05, 0.1) is 34.6 Å². The van der Waals surface area contributed by atoms with Gasteiger partial charge >= 0.3 is 0 Å². The van der Waals surface area contributed by atoms with Gasteiger partial charge in [0.15, 0.2) is 0 Å². The average Bonchev–Trinajstić information content (AvgIpc) is 2.95. The lowest BCUT2D eigenvalue weighted by Crippen LogP contribution is -2.21. The molecule has 0 radical (unpaired) electrons. The molecule has 40 heavy (non-hydrogen) atoms. The SMILES string of the molecule is COc1ccccc1NS(=O)(=O)c1cccc(-n2c(O)c(C=Nc3ccc(C)c(C)c3)c3ccccc3c2=O)c1. The molecule has 5 aromatic rings. The van der Waals surface area contributed by atoms with Crippen LogP contribution in [0.4, 0.5) is 11.4 Å². The van der Waals surface area contributed by atoms with Crippen molar-refractivity contribution in [3.8, 4) is 17.3 Å². The topological polar surface area (TPSA) is 110 Å². The van der Waals surface area contributed by atoms with E-state index in [0.29, 0.717) is 27.8 Å². The number of hydrogen-bond donors (Lipinski definition) is 2. The number of nitrogens with one attached hydrogen (secondary N) is 1. The molecule has 5 rings (SSSR count). The molecule has 0 amide bonds. The van der Waals surface area contributed by atoms with E-state index in [0.717, 1.165) is 15.7 Å². The van der Waals surface area contributed by atoms with Crippen LogP contribution in [0.25, 0.3) is 16.5 Å². The summed E-state index contributed by atoms with van der Waals surface area (Å²) < 4.78 is 35.4. The monoisotopic (exact) mass is 553 g/mol. The van der Waals surface area contributed by atoms with E-state index in [1.54, 1.807) is 54.6 Å². The van der Waals surface area contributed by atoms with Crippen molar-refractivity contribution in [3.05, 3.63) is 118 Å². The van der Waals surface area contributed by atoms with Gasteiger partial charge in [-0.15, -0.1) is 0 Å². The minimum atomic E-state index is -4.06.